The number of hydrogen-bond acceptors (Lipinski definition) is 4. The molecule has 132 valence electrons. The van der Waals surface area contributed by atoms with Gasteiger partial charge >= 0.3 is 6.03 Å². The minimum absolute atomic E-state index is 0.0454. The molecule has 25 heavy (non-hydrogen) atoms. The van der Waals surface area contributed by atoms with Crippen LogP contribution in [0.15, 0.2) is 47.1 Å². The van der Waals surface area contributed by atoms with Crippen LogP contribution in [0.5, 0.6) is 11.6 Å². The number of pyridine rings is 1. The number of rotatable bonds is 6. The molecular weight excluding hydrogens is 388 g/mol. The highest BCUT2D eigenvalue weighted by molar-refractivity contribution is 9.10. The van der Waals surface area contributed by atoms with Crippen molar-refractivity contribution in [2.45, 2.75) is 6.42 Å². The molecule has 1 aromatic carbocycles. The van der Waals surface area contributed by atoms with E-state index >= 15 is 0 Å². The van der Waals surface area contributed by atoms with Crippen LogP contribution in [0.2, 0.25) is 0 Å². The molecule has 0 aliphatic carbocycles. The first-order valence-electron chi connectivity index (χ1n) is 7.58. The summed E-state index contributed by atoms with van der Waals surface area (Å²) in [4.78, 5) is 28.8. The van der Waals surface area contributed by atoms with Crippen molar-refractivity contribution in [2.24, 2.45) is 0 Å². The Kier molecular flexibility index (Phi) is 6.76. The van der Waals surface area contributed by atoms with Crippen molar-refractivity contribution in [3.63, 3.8) is 0 Å². The zero-order valence-corrected chi connectivity index (χ0v) is 15.5. The lowest BCUT2D eigenvalue weighted by Crippen LogP contribution is -2.33. The summed E-state index contributed by atoms with van der Waals surface area (Å²) >= 11 is 3.37. The summed E-state index contributed by atoms with van der Waals surface area (Å²) in [6.45, 7) is 0.264. The van der Waals surface area contributed by atoms with Crippen molar-refractivity contribution in [3.8, 4) is 11.6 Å². The van der Waals surface area contributed by atoms with E-state index in [9.17, 15) is 9.59 Å². The molecule has 8 heteroatoms. The molecule has 0 aliphatic rings. The zero-order valence-electron chi connectivity index (χ0n) is 14.0. The lowest BCUT2D eigenvalue weighted by molar-refractivity contribution is -0.128. The number of halogens is 1. The van der Waals surface area contributed by atoms with Crippen LogP contribution in [-0.4, -0.2) is 42.5 Å². The van der Waals surface area contributed by atoms with Gasteiger partial charge in [-0.1, -0.05) is 22.0 Å². The number of nitrogens with zero attached hydrogens (tertiary/aromatic N) is 2. The molecule has 0 atom stereocenters. The summed E-state index contributed by atoms with van der Waals surface area (Å²) in [5.74, 6) is 1.03. The van der Waals surface area contributed by atoms with Crippen molar-refractivity contribution in [3.05, 3.63) is 47.1 Å². The molecule has 0 spiro atoms. The second-order valence-corrected chi connectivity index (χ2v) is 6.28. The van der Waals surface area contributed by atoms with Crippen molar-refractivity contribution in [1.29, 1.82) is 0 Å². The molecule has 1 heterocycles. The average Bonchev–Trinajstić information content (AvgIpc) is 2.56. The molecule has 3 amide bonds. The van der Waals surface area contributed by atoms with Gasteiger partial charge in [-0.3, -0.25) is 4.79 Å². The van der Waals surface area contributed by atoms with Crippen LogP contribution < -0.4 is 15.4 Å². The van der Waals surface area contributed by atoms with Crippen LogP contribution in [0.4, 0.5) is 10.5 Å². The van der Waals surface area contributed by atoms with E-state index in [2.05, 4.69) is 31.5 Å². The van der Waals surface area contributed by atoms with E-state index in [0.717, 1.165) is 4.47 Å². The van der Waals surface area contributed by atoms with Gasteiger partial charge in [0.1, 0.15) is 5.75 Å². The zero-order chi connectivity index (χ0) is 18.2. The second-order valence-electron chi connectivity index (χ2n) is 5.36. The molecular formula is C17H19BrN4O3. The van der Waals surface area contributed by atoms with Gasteiger partial charge in [-0.05, 0) is 24.3 Å². The summed E-state index contributed by atoms with van der Waals surface area (Å²) in [6, 6.07) is 10.4. The van der Waals surface area contributed by atoms with Gasteiger partial charge in [-0.2, -0.15) is 0 Å². The van der Waals surface area contributed by atoms with Gasteiger partial charge in [0.2, 0.25) is 11.8 Å². The molecule has 2 aromatic rings. The van der Waals surface area contributed by atoms with Crippen LogP contribution in [0.1, 0.15) is 6.42 Å². The van der Waals surface area contributed by atoms with Gasteiger partial charge in [0.25, 0.3) is 0 Å². The predicted molar refractivity (Wildman–Crippen MR) is 98.8 cm³/mol. The molecule has 0 fully saturated rings. The monoisotopic (exact) mass is 406 g/mol. The second kappa shape index (κ2) is 9.03. The lowest BCUT2D eigenvalue weighted by Gasteiger charge is -2.11. The fourth-order valence-electron chi connectivity index (χ4n) is 1.85. The van der Waals surface area contributed by atoms with Crippen LogP contribution in [-0.2, 0) is 4.79 Å². The Hall–Kier alpha value is -2.61. The molecule has 2 rings (SSSR count). The molecule has 0 unspecified atom stereocenters. The quantitative estimate of drug-likeness (QED) is 0.770. The van der Waals surface area contributed by atoms with Crippen LogP contribution in [0, 0.1) is 0 Å². The molecule has 0 saturated heterocycles. The summed E-state index contributed by atoms with van der Waals surface area (Å²) < 4.78 is 6.53. The van der Waals surface area contributed by atoms with Gasteiger partial charge in [0, 0.05) is 37.6 Å². The fraction of sp³-hybridized carbons (Fsp3) is 0.235. The van der Waals surface area contributed by atoms with Crippen molar-refractivity contribution in [1.82, 2.24) is 15.2 Å². The number of hydrogen-bond donors (Lipinski definition) is 2. The Morgan fingerprint density at radius 3 is 2.68 bits per heavy atom. The third-order valence-corrected chi connectivity index (χ3v) is 3.63. The molecule has 0 saturated carbocycles. The highest BCUT2D eigenvalue weighted by atomic mass is 79.9. The maximum absolute atomic E-state index is 11.8. The Labute approximate surface area is 154 Å². The standard InChI is InChI=1S/C17H19BrN4O3/c1-22(2)16(23)8-9-19-17(24)21-13-6-7-15(20-11-13)25-14-5-3-4-12(18)10-14/h3-7,10-11H,8-9H2,1-2H3,(H2,19,21,24). The highest BCUT2D eigenvalue weighted by Crippen LogP contribution is 2.23. The van der Waals surface area contributed by atoms with E-state index in [-0.39, 0.29) is 18.9 Å². The normalized spacial score (nSPS) is 10.0. The van der Waals surface area contributed by atoms with Gasteiger partial charge in [-0.25, -0.2) is 9.78 Å². The summed E-state index contributed by atoms with van der Waals surface area (Å²) in [6.07, 6.45) is 1.75. The lowest BCUT2D eigenvalue weighted by atomic mass is 10.3. The Balaban J connectivity index is 1.81. The van der Waals surface area contributed by atoms with Crippen LogP contribution >= 0.6 is 15.9 Å². The summed E-state index contributed by atoms with van der Waals surface area (Å²) in [5.41, 5.74) is 0.526. The molecule has 0 aliphatic heterocycles. The molecule has 7 nitrogen and oxygen atoms in total. The van der Waals surface area contributed by atoms with E-state index in [1.54, 1.807) is 26.2 Å². The first kappa shape index (κ1) is 18.7. The minimum Gasteiger partial charge on any atom is -0.439 e. The van der Waals surface area contributed by atoms with Crippen molar-refractivity contribution < 1.29 is 14.3 Å². The molecule has 0 bridgehead atoms. The fourth-order valence-corrected chi connectivity index (χ4v) is 2.23. The summed E-state index contributed by atoms with van der Waals surface area (Å²) in [7, 11) is 3.34. The van der Waals surface area contributed by atoms with E-state index < -0.39 is 6.03 Å². The van der Waals surface area contributed by atoms with E-state index in [4.69, 9.17) is 4.74 Å². The number of aromatic nitrogens is 1. The largest absolute Gasteiger partial charge is 0.439 e. The van der Waals surface area contributed by atoms with Crippen LogP contribution in [0.25, 0.3) is 0 Å². The number of amides is 3. The maximum atomic E-state index is 11.8. The number of carbonyl (C=O) groups excluding carboxylic acids is 2. The number of carbonyl (C=O) groups is 2. The Morgan fingerprint density at radius 1 is 1.24 bits per heavy atom. The maximum Gasteiger partial charge on any atom is 0.319 e. The van der Waals surface area contributed by atoms with E-state index in [0.29, 0.717) is 17.3 Å². The predicted octanol–water partition coefficient (Wildman–Crippen LogP) is 3.24. The topological polar surface area (TPSA) is 83.6 Å². The number of anilines is 1. The number of nitrogens with one attached hydrogen (secondary N) is 2. The Morgan fingerprint density at radius 2 is 2.04 bits per heavy atom. The molecule has 0 radical (unpaired) electrons. The first-order valence-corrected chi connectivity index (χ1v) is 8.38. The average molecular weight is 407 g/mol. The van der Waals surface area contributed by atoms with Gasteiger partial charge in [0.15, 0.2) is 0 Å². The SMILES string of the molecule is CN(C)C(=O)CCNC(=O)Nc1ccc(Oc2cccc(Br)c2)nc1. The number of benzene rings is 1. The third-order valence-electron chi connectivity index (χ3n) is 3.14. The van der Waals surface area contributed by atoms with Crippen molar-refractivity contribution >= 4 is 33.6 Å². The molecule has 2 N–H and O–H groups in total. The third kappa shape index (κ3) is 6.42. The number of urea groups is 1. The minimum atomic E-state index is -0.394. The first-order chi connectivity index (χ1) is 11.9. The van der Waals surface area contributed by atoms with Gasteiger partial charge < -0.3 is 20.3 Å². The van der Waals surface area contributed by atoms with Crippen molar-refractivity contribution in [2.75, 3.05) is 26.0 Å². The number of ether oxygens (including phenoxy) is 1. The van der Waals surface area contributed by atoms with E-state index in [1.165, 1.54) is 11.1 Å². The summed E-state index contributed by atoms with van der Waals surface area (Å²) in [5, 5.41) is 5.26. The van der Waals surface area contributed by atoms with Crippen LogP contribution in [0.3, 0.4) is 0 Å². The van der Waals surface area contributed by atoms with Gasteiger partial charge in [-0.15, -0.1) is 0 Å². The van der Waals surface area contributed by atoms with Gasteiger partial charge in [0.05, 0.1) is 11.9 Å². The highest BCUT2D eigenvalue weighted by Gasteiger charge is 2.06. The van der Waals surface area contributed by atoms with E-state index in [1.807, 2.05) is 24.3 Å². The smallest absolute Gasteiger partial charge is 0.319 e. The Bertz CT molecular complexity index is 735. The molecule has 1 aromatic heterocycles.